The molecule has 0 saturated heterocycles. The van der Waals surface area contributed by atoms with Gasteiger partial charge in [0.15, 0.2) is 17.6 Å². The minimum Gasteiger partial charge on any atom is -0.493 e. The Kier molecular flexibility index (Phi) is 7.76. The molecule has 0 unspecified atom stereocenters. The van der Waals surface area contributed by atoms with Gasteiger partial charge in [-0.2, -0.15) is 9.78 Å². The molecule has 1 N–H and O–H groups in total. The van der Waals surface area contributed by atoms with Crippen molar-refractivity contribution >= 4 is 50.6 Å². The second-order valence-electron chi connectivity index (χ2n) is 8.45. The van der Waals surface area contributed by atoms with Gasteiger partial charge in [-0.1, -0.05) is 46.8 Å². The maximum Gasteiger partial charge on any atom is 0.344 e. The van der Waals surface area contributed by atoms with E-state index in [1.54, 1.807) is 12.1 Å². The molecule has 4 rings (SSSR count). The predicted molar refractivity (Wildman–Crippen MR) is 138 cm³/mol. The monoisotopic (exact) mass is 561 g/mol. The number of fused-ring (bicyclic) bond motifs is 1. The normalized spacial score (nSPS) is 15.4. The SMILES string of the molecule is COc1cc(Cl)cc(C=Nn2c(C3CCCCC3)nc3ccc(Br)cc3c2=O)c1O[C@@H](C)C(=O)O. The summed E-state index contributed by atoms with van der Waals surface area (Å²) in [6.07, 6.45) is 5.45. The van der Waals surface area contributed by atoms with E-state index in [9.17, 15) is 14.7 Å². The first-order valence-electron chi connectivity index (χ1n) is 11.3. The summed E-state index contributed by atoms with van der Waals surface area (Å²) in [5.41, 5.74) is 0.704. The summed E-state index contributed by atoms with van der Waals surface area (Å²) < 4.78 is 13.1. The van der Waals surface area contributed by atoms with Gasteiger partial charge in [-0.05, 0) is 44.0 Å². The van der Waals surface area contributed by atoms with Gasteiger partial charge in [-0.3, -0.25) is 4.79 Å². The first-order valence-corrected chi connectivity index (χ1v) is 12.5. The standard InChI is InChI=1S/C25H25BrClN3O5/c1-14(25(32)33)35-22-16(10-18(27)12-21(22)34-2)13-28-30-23(15-6-4-3-5-7-15)29-20-9-8-17(26)11-19(20)24(30)31/h8-15H,3-7H2,1-2H3,(H,32,33)/t14-/m0/s1. The average Bonchev–Trinajstić information content (AvgIpc) is 2.85. The summed E-state index contributed by atoms with van der Waals surface area (Å²) >= 11 is 9.68. The van der Waals surface area contributed by atoms with E-state index in [0.717, 1.165) is 36.6 Å². The van der Waals surface area contributed by atoms with E-state index in [1.807, 2.05) is 12.1 Å². The molecule has 0 aliphatic heterocycles. The molecule has 10 heteroatoms. The Morgan fingerprint density at radius 2 is 2.03 bits per heavy atom. The fraction of sp³-hybridized carbons (Fsp3) is 0.360. The molecule has 1 heterocycles. The van der Waals surface area contributed by atoms with Crippen molar-refractivity contribution in [1.29, 1.82) is 0 Å². The van der Waals surface area contributed by atoms with Gasteiger partial charge in [0, 0.05) is 27.0 Å². The number of carbonyl (C=O) groups is 1. The van der Waals surface area contributed by atoms with Gasteiger partial charge < -0.3 is 14.6 Å². The molecule has 184 valence electrons. The van der Waals surface area contributed by atoms with E-state index in [-0.39, 0.29) is 23.0 Å². The fourth-order valence-corrected chi connectivity index (χ4v) is 4.79. The number of rotatable bonds is 7. The van der Waals surface area contributed by atoms with E-state index >= 15 is 0 Å². The van der Waals surface area contributed by atoms with Gasteiger partial charge in [0.2, 0.25) is 0 Å². The molecule has 8 nitrogen and oxygen atoms in total. The first kappa shape index (κ1) is 25.2. The summed E-state index contributed by atoms with van der Waals surface area (Å²) in [7, 11) is 1.43. The van der Waals surface area contributed by atoms with E-state index in [0.29, 0.717) is 27.3 Å². The zero-order valence-corrected chi connectivity index (χ0v) is 21.7. The minimum atomic E-state index is -1.14. The second kappa shape index (κ2) is 10.8. The number of hydrogen-bond donors (Lipinski definition) is 1. The van der Waals surface area contributed by atoms with Crippen LogP contribution in [0.25, 0.3) is 10.9 Å². The van der Waals surface area contributed by atoms with Gasteiger partial charge in [-0.15, -0.1) is 0 Å². The van der Waals surface area contributed by atoms with Crippen molar-refractivity contribution in [3.8, 4) is 11.5 Å². The lowest BCUT2D eigenvalue weighted by atomic mass is 9.88. The zero-order valence-electron chi connectivity index (χ0n) is 19.3. The van der Waals surface area contributed by atoms with Crippen molar-refractivity contribution in [3.05, 3.63) is 61.6 Å². The second-order valence-corrected chi connectivity index (χ2v) is 9.80. The molecule has 1 aromatic heterocycles. The summed E-state index contributed by atoms with van der Waals surface area (Å²) in [4.78, 5) is 29.8. The predicted octanol–water partition coefficient (Wildman–Crippen LogP) is 5.60. The maximum absolute atomic E-state index is 13.5. The maximum atomic E-state index is 13.5. The third-order valence-electron chi connectivity index (χ3n) is 6.03. The van der Waals surface area contributed by atoms with Crippen LogP contribution in [0.5, 0.6) is 11.5 Å². The molecule has 1 aliphatic carbocycles. The van der Waals surface area contributed by atoms with Crippen LogP contribution in [0.15, 0.2) is 44.7 Å². The minimum absolute atomic E-state index is 0.110. The number of benzene rings is 2. The lowest BCUT2D eigenvalue weighted by molar-refractivity contribution is -0.144. The average molecular weight is 563 g/mol. The highest BCUT2D eigenvalue weighted by Crippen LogP contribution is 2.35. The van der Waals surface area contributed by atoms with Crippen molar-refractivity contribution in [2.45, 2.75) is 51.0 Å². The summed E-state index contributed by atoms with van der Waals surface area (Å²) in [5, 5.41) is 14.6. The Balaban J connectivity index is 1.87. The molecule has 1 saturated carbocycles. The molecule has 0 radical (unpaired) electrons. The smallest absolute Gasteiger partial charge is 0.344 e. The molecule has 3 aromatic rings. The lowest BCUT2D eigenvalue weighted by Crippen LogP contribution is -2.25. The fourth-order valence-electron chi connectivity index (χ4n) is 4.21. The van der Waals surface area contributed by atoms with Crippen LogP contribution in [0.3, 0.4) is 0 Å². The molecule has 35 heavy (non-hydrogen) atoms. The number of carboxylic acid groups (broad SMARTS) is 1. The van der Waals surface area contributed by atoms with Gasteiger partial charge in [0.25, 0.3) is 5.56 Å². The molecule has 0 amide bonds. The quantitative estimate of drug-likeness (QED) is 0.376. The number of hydrogen-bond acceptors (Lipinski definition) is 6. The van der Waals surface area contributed by atoms with Crippen LogP contribution in [0.1, 0.15) is 56.3 Å². The summed E-state index contributed by atoms with van der Waals surface area (Å²) in [5.74, 6) is 0.00575. The molecular formula is C25H25BrClN3O5. The molecule has 0 bridgehead atoms. The molecule has 2 aromatic carbocycles. The Labute approximate surface area is 215 Å². The number of ether oxygens (including phenoxy) is 2. The first-order chi connectivity index (χ1) is 16.8. The van der Waals surface area contributed by atoms with Crippen molar-refractivity contribution in [2.24, 2.45) is 5.10 Å². The van der Waals surface area contributed by atoms with Gasteiger partial charge >= 0.3 is 5.97 Å². The van der Waals surface area contributed by atoms with E-state index in [1.165, 1.54) is 31.0 Å². The van der Waals surface area contributed by atoms with Crippen LogP contribution in [-0.2, 0) is 4.79 Å². The van der Waals surface area contributed by atoms with Crippen LogP contribution in [-0.4, -0.2) is 40.2 Å². The van der Waals surface area contributed by atoms with Crippen molar-refractivity contribution in [1.82, 2.24) is 9.66 Å². The Morgan fingerprint density at radius 1 is 1.29 bits per heavy atom. The Bertz CT molecular complexity index is 1350. The topological polar surface area (TPSA) is 103 Å². The Morgan fingerprint density at radius 3 is 2.71 bits per heavy atom. The van der Waals surface area contributed by atoms with E-state index < -0.39 is 12.1 Å². The van der Waals surface area contributed by atoms with Crippen LogP contribution in [0, 0.1) is 0 Å². The van der Waals surface area contributed by atoms with E-state index in [4.69, 9.17) is 26.1 Å². The third-order valence-corrected chi connectivity index (χ3v) is 6.74. The molecule has 0 spiro atoms. The number of aromatic nitrogens is 2. The molecule has 1 fully saturated rings. The van der Waals surface area contributed by atoms with Crippen LogP contribution in [0.4, 0.5) is 0 Å². The van der Waals surface area contributed by atoms with Crippen LogP contribution >= 0.6 is 27.5 Å². The molecule has 1 atom stereocenters. The van der Waals surface area contributed by atoms with Crippen molar-refractivity contribution in [3.63, 3.8) is 0 Å². The Hall–Kier alpha value is -2.91. The number of aliphatic carboxylic acids is 1. The van der Waals surface area contributed by atoms with Gasteiger partial charge in [-0.25, -0.2) is 9.78 Å². The highest BCUT2D eigenvalue weighted by molar-refractivity contribution is 9.10. The van der Waals surface area contributed by atoms with Crippen molar-refractivity contribution < 1.29 is 19.4 Å². The van der Waals surface area contributed by atoms with Crippen LogP contribution in [0.2, 0.25) is 5.02 Å². The lowest BCUT2D eigenvalue weighted by Gasteiger charge is -2.23. The zero-order chi connectivity index (χ0) is 25.1. The molecular weight excluding hydrogens is 538 g/mol. The third kappa shape index (κ3) is 5.51. The number of nitrogens with zero attached hydrogens (tertiary/aromatic N) is 3. The van der Waals surface area contributed by atoms with Gasteiger partial charge in [0.1, 0.15) is 5.82 Å². The van der Waals surface area contributed by atoms with Crippen LogP contribution < -0.4 is 15.0 Å². The number of halogens is 2. The van der Waals surface area contributed by atoms with Crippen molar-refractivity contribution in [2.75, 3.05) is 7.11 Å². The number of methoxy groups -OCH3 is 1. The number of carboxylic acids is 1. The largest absolute Gasteiger partial charge is 0.493 e. The summed E-state index contributed by atoms with van der Waals surface area (Å²) in [6, 6.07) is 8.51. The van der Waals surface area contributed by atoms with Gasteiger partial charge in [0.05, 0.1) is 24.2 Å². The highest BCUT2D eigenvalue weighted by Gasteiger charge is 2.23. The molecule has 1 aliphatic rings. The summed E-state index contributed by atoms with van der Waals surface area (Å²) in [6.45, 7) is 1.41. The van der Waals surface area contributed by atoms with E-state index in [2.05, 4.69) is 21.0 Å². The highest BCUT2D eigenvalue weighted by atomic mass is 79.9.